The van der Waals surface area contributed by atoms with E-state index in [4.69, 9.17) is 11.6 Å². The Hall–Kier alpha value is -2.73. The van der Waals surface area contributed by atoms with Gasteiger partial charge in [-0.15, -0.1) is 5.10 Å². The van der Waals surface area contributed by atoms with Crippen molar-refractivity contribution in [2.45, 2.75) is 6.54 Å². The first-order chi connectivity index (χ1) is 11.1. The Labute approximate surface area is 138 Å². The maximum Gasteiger partial charge on any atom is 0.251 e. The van der Waals surface area contributed by atoms with Gasteiger partial charge in [-0.25, -0.2) is 4.68 Å². The molecule has 7 heteroatoms. The van der Waals surface area contributed by atoms with E-state index in [9.17, 15) is 4.79 Å². The largest absolute Gasteiger partial charge is 0.348 e. The number of hydrogen-bond donors (Lipinski definition) is 1. The topological polar surface area (TPSA) is 72.7 Å². The van der Waals surface area contributed by atoms with Gasteiger partial charge in [0.25, 0.3) is 5.91 Å². The fourth-order valence-corrected chi connectivity index (χ4v) is 2.42. The molecule has 2 aromatic carbocycles. The van der Waals surface area contributed by atoms with Crippen molar-refractivity contribution in [1.29, 1.82) is 0 Å². The molecule has 0 aliphatic rings. The number of carbonyl (C=O) groups excluding carboxylic acids is 1. The van der Waals surface area contributed by atoms with Gasteiger partial charge in [0.15, 0.2) is 5.82 Å². The first-order valence-electron chi connectivity index (χ1n) is 6.99. The standard InChI is InChI=1S/C16H14ClN5O/c1-22-15(19-20-21-22)12-5-3-6-13(9-12)16(23)18-10-11-4-2-7-14(17)8-11/h2-9H,10H2,1H3,(H,18,23). The summed E-state index contributed by atoms with van der Waals surface area (Å²) in [6, 6.07) is 14.6. The number of halogens is 1. The molecule has 0 saturated heterocycles. The van der Waals surface area contributed by atoms with Crippen LogP contribution >= 0.6 is 11.6 Å². The van der Waals surface area contributed by atoms with Crippen LogP contribution in [0.2, 0.25) is 5.02 Å². The van der Waals surface area contributed by atoms with Crippen molar-refractivity contribution in [3.63, 3.8) is 0 Å². The first-order valence-corrected chi connectivity index (χ1v) is 7.37. The molecule has 0 fully saturated rings. The smallest absolute Gasteiger partial charge is 0.251 e. The average Bonchev–Trinajstić information content (AvgIpc) is 2.99. The number of hydrogen-bond acceptors (Lipinski definition) is 4. The van der Waals surface area contributed by atoms with E-state index in [-0.39, 0.29) is 5.91 Å². The summed E-state index contributed by atoms with van der Waals surface area (Å²) in [6.45, 7) is 0.412. The molecule has 3 aromatic rings. The normalized spacial score (nSPS) is 10.5. The van der Waals surface area contributed by atoms with E-state index < -0.39 is 0 Å². The highest BCUT2D eigenvalue weighted by molar-refractivity contribution is 6.30. The summed E-state index contributed by atoms with van der Waals surface area (Å²) in [4.78, 5) is 12.3. The molecule has 0 saturated carbocycles. The maximum atomic E-state index is 12.3. The lowest BCUT2D eigenvalue weighted by atomic mass is 10.1. The second-order valence-corrected chi connectivity index (χ2v) is 5.46. The van der Waals surface area contributed by atoms with Crippen LogP contribution in [-0.2, 0) is 13.6 Å². The predicted molar refractivity (Wildman–Crippen MR) is 86.9 cm³/mol. The minimum Gasteiger partial charge on any atom is -0.348 e. The minimum atomic E-state index is -0.165. The highest BCUT2D eigenvalue weighted by Crippen LogP contribution is 2.17. The quantitative estimate of drug-likeness (QED) is 0.799. The fraction of sp³-hybridized carbons (Fsp3) is 0.125. The molecule has 0 atom stereocenters. The van der Waals surface area contributed by atoms with E-state index in [1.54, 1.807) is 36.0 Å². The third kappa shape index (κ3) is 3.54. The van der Waals surface area contributed by atoms with Crippen LogP contribution in [0.3, 0.4) is 0 Å². The molecule has 1 amide bonds. The molecule has 1 aromatic heterocycles. The van der Waals surface area contributed by atoms with Gasteiger partial charge in [-0.3, -0.25) is 4.79 Å². The molecule has 0 radical (unpaired) electrons. The monoisotopic (exact) mass is 327 g/mol. The van der Waals surface area contributed by atoms with Gasteiger partial charge in [-0.05, 0) is 40.3 Å². The Morgan fingerprint density at radius 3 is 2.78 bits per heavy atom. The number of nitrogens with zero attached hydrogens (tertiary/aromatic N) is 4. The summed E-state index contributed by atoms with van der Waals surface area (Å²) < 4.78 is 1.56. The molecular formula is C16H14ClN5O. The minimum absolute atomic E-state index is 0.165. The van der Waals surface area contributed by atoms with Gasteiger partial charge in [0.05, 0.1) is 0 Å². The van der Waals surface area contributed by atoms with E-state index in [1.165, 1.54) is 0 Å². The third-order valence-corrected chi connectivity index (χ3v) is 3.58. The third-order valence-electron chi connectivity index (χ3n) is 3.35. The van der Waals surface area contributed by atoms with Gasteiger partial charge < -0.3 is 5.32 Å². The Morgan fingerprint density at radius 2 is 2.04 bits per heavy atom. The number of carbonyl (C=O) groups is 1. The summed E-state index contributed by atoms with van der Waals surface area (Å²) in [5.41, 5.74) is 2.28. The van der Waals surface area contributed by atoms with Crippen molar-refractivity contribution in [3.8, 4) is 11.4 Å². The zero-order valence-corrected chi connectivity index (χ0v) is 13.2. The van der Waals surface area contributed by atoms with E-state index in [0.717, 1.165) is 11.1 Å². The molecule has 1 N–H and O–H groups in total. The zero-order chi connectivity index (χ0) is 16.2. The maximum absolute atomic E-state index is 12.3. The lowest BCUT2D eigenvalue weighted by Crippen LogP contribution is -2.22. The molecule has 3 rings (SSSR count). The van der Waals surface area contributed by atoms with Gasteiger partial charge in [-0.1, -0.05) is 35.9 Å². The van der Waals surface area contributed by atoms with E-state index in [2.05, 4.69) is 20.8 Å². The van der Waals surface area contributed by atoms with Crippen LogP contribution in [0.4, 0.5) is 0 Å². The van der Waals surface area contributed by atoms with Crippen LogP contribution in [0, 0.1) is 0 Å². The lowest BCUT2D eigenvalue weighted by Gasteiger charge is -2.07. The van der Waals surface area contributed by atoms with Gasteiger partial charge >= 0.3 is 0 Å². The van der Waals surface area contributed by atoms with Crippen molar-refractivity contribution < 1.29 is 4.79 Å². The second kappa shape index (κ2) is 6.58. The highest BCUT2D eigenvalue weighted by Gasteiger charge is 2.10. The van der Waals surface area contributed by atoms with Gasteiger partial charge in [-0.2, -0.15) is 0 Å². The van der Waals surface area contributed by atoms with Crippen LogP contribution in [0.1, 0.15) is 15.9 Å². The first kappa shape index (κ1) is 15.2. The Bertz CT molecular complexity index is 846. The molecule has 116 valence electrons. The number of tetrazole rings is 1. The summed E-state index contributed by atoms with van der Waals surface area (Å²) in [6.07, 6.45) is 0. The SMILES string of the molecule is Cn1nnnc1-c1cccc(C(=O)NCc2cccc(Cl)c2)c1. The summed E-state index contributed by atoms with van der Waals surface area (Å²) in [7, 11) is 1.75. The molecule has 23 heavy (non-hydrogen) atoms. The molecule has 0 unspecified atom stereocenters. The molecule has 0 aliphatic heterocycles. The molecule has 0 bridgehead atoms. The van der Waals surface area contributed by atoms with E-state index in [0.29, 0.717) is 23.0 Å². The van der Waals surface area contributed by atoms with Crippen LogP contribution in [0.25, 0.3) is 11.4 Å². The van der Waals surface area contributed by atoms with Gasteiger partial charge in [0, 0.05) is 29.7 Å². The van der Waals surface area contributed by atoms with E-state index >= 15 is 0 Å². The predicted octanol–water partition coefficient (Wildman–Crippen LogP) is 2.46. The van der Waals surface area contributed by atoms with Crippen molar-refractivity contribution in [2.24, 2.45) is 7.05 Å². The van der Waals surface area contributed by atoms with Crippen molar-refractivity contribution in [2.75, 3.05) is 0 Å². The highest BCUT2D eigenvalue weighted by atomic mass is 35.5. The van der Waals surface area contributed by atoms with E-state index in [1.807, 2.05) is 24.3 Å². The van der Waals surface area contributed by atoms with Crippen molar-refractivity contribution in [1.82, 2.24) is 25.5 Å². The molecular weight excluding hydrogens is 314 g/mol. The Morgan fingerprint density at radius 1 is 1.22 bits per heavy atom. The van der Waals surface area contributed by atoms with Crippen LogP contribution in [0.5, 0.6) is 0 Å². The van der Waals surface area contributed by atoms with Crippen LogP contribution < -0.4 is 5.32 Å². The second-order valence-electron chi connectivity index (χ2n) is 5.02. The number of aryl methyl sites for hydroxylation is 1. The average molecular weight is 328 g/mol. The number of amides is 1. The fourth-order valence-electron chi connectivity index (χ4n) is 2.20. The summed E-state index contributed by atoms with van der Waals surface area (Å²) in [5, 5.41) is 14.9. The van der Waals surface area contributed by atoms with Gasteiger partial charge in [0.1, 0.15) is 0 Å². The lowest BCUT2D eigenvalue weighted by molar-refractivity contribution is 0.0951. The molecule has 0 aliphatic carbocycles. The zero-order valence-electron chi connectivity index (χ0n) is 12.4. The van der Waals surface area contributed by atoms with Crippen molar-refractivity contribution in [3.05, 3.63) is 64.7 Å². The summed E-state index contributed by atoms with van der Waals surface area (Å²) >= 11 is 5.94. The number of aromatic nitrogens is 4. The Balaban J connectivity index is 1.74. The molecule has 6 nitrogen and oxygen atoms in total. The van der Waals surface area contributed by atoms with Crippen molar-refractivity contribution >= 4 is 17.5 Å². The number of rotatable bonds is 4. The summed E-state index contributed by atoms with van der Waals surface area (Å²) in [5.74, 6) is 0.441. The van der Waals surface area contributed by atoms with Crippen LogP contribution in [0.15, 0.2) is 48.5 Å². The number of benzene rings is 2. The number of nitrogens with one attached hydrogen (secondary N) is 1. The molecule has 0 spiro atoms. The van der Waals surface area contributed by atoms with Crippen LogP contribution in [-0.4, -0.2) is 26.1 Å². The van der Waals surface area contributed by atoms with Gasteiger partial charge in [0.2, 0.25) is 0 Å². The Kier molecular flexibility index (Phi) is 4.34. The molecule has 1 heterocycles.